The predicted molar refractivity (Wildman–Crippen MR) is 63.1 cm³/mol. The van der Waals surface area contributed by atoms with Crippen molar-refractivity contribution in [1.82, 2.24) is 5.16 Å². The molecule has 94 valence electrons. The van der Waals surface area contributed by atoms with Gasteiger partial charge in [0.05, 0.1) is 18.4 Å². The van der Waals surface area contributed by atoms with Gasteiger partial charge in [-0.25, -0.2) is 4.39 Å². The van der Waals surface area contributed by atoms with Crippen molar-refractivity contribution in [3.63, 3.8) is 0 Å². The lowest BCUT2D eigenvalue weighted by atomic mass is 10.1. The van der Waals surface area contributed by atoms with Gasteiger partial charge in [0.15, 0.2) is 23.1 Å². The maximum atomic E-state index is 13.7. The van der Waals surface area contributed by atoms with Crippen molar-refractivity contribution in [3.8, 4) is 17.1 Å². The highest BCUT2D eigenvalue weighted by molar-refractivity contribution is 5.99. The van der Waals surface area contributed by atoms with Crippen molar-refractivity contribution in [2.24, 2.45) is 0 Å². The van der Waals surface area contributed by atoms with Crippen molar-refractivity contribution in [2.45, 2.75) is 13.8 Å². The minimum Gasteiger partial charge on any atom is -0.491 e. The molecule has 0 unspecified atom stereocenters. The molecule has 0 saturated heterocycles. The third-order valence-electron chi connectivity index (χ3n) is 2.44. The summed E-state index contributed by atoms with van der Waals surface area (Å²) in [5.41, 5.74) is 0.789. The molecule has 0 fully saturated rings. The van der Waals surface area contributed by atoms with E-state index >= 15 is 0 Å². The molecule has 0 bridgehead atoms. The van der Waals surface area contributed by atoms with Crippen molar-refractivity contribution < 1.29 is 18.4 Å². The van der Waals surface area contributed by atoms with Crippen LogP contribution >= 0.6 is 0 Å². The Balaban J connectivity index is 2.42. The smallest absolute Gasteiger partial charge is 0.177 e. The summed E-state index contributed by atoms with van der Waals surface area (Å²) in [6.07, 6.45) is 1.33. The molecule has 2 rings (SSSR count). The van der Waals surface area contributed by atoms with Gasteiger partial charge in [-0.15, -0.1) is 0 Å². The Hall–Kier alpha value is -2.17. The molecule has 0 atom stereocenters. The number of hydrogen-bond acceptors (Lipinski definition) is 4. The van der Waals surface area contributed by atoms with Crippen LogP contribution in [0.3, 0.4) is 0 Å². The van der Waals surface area contributed by atoms with E-state index in [1.165, 1.54) is 25.3 Å². The van der Waals surface area contributed by atoms with Gasteiger partial charge in [0.25, 0.3) is 0 Å². The van der Waals surface area contributed by atoms with Gasteiger partial charge in [-0.1, -0.05) is 5.16 Å². The van der Waals surface area contributed by atoms with Crippen molar-refractivity contribution in [2.75, 3.05) is 6.61 Å². The van der Waals surface area contributed by atoms with Crippen LogP contribution in [0, 0.1) is 5.82 Å². The number of aromatic nitrogens is 1. The lowest BCUT2D eigenvalue weighted by molar-refractivity contribution is 0.101. The van der Waals surface area contributed by atoms with Crippen LogP contribution in [0.25, 0.3) is 11.3 Å². The predicted octanol–water partition coefficient (Wildman–Crippen LogP) is 3.08. The summed E-state index contributed by atoms with van der Waals surface area (Å²) in [7, 11) is 0. The normalized spacial score (nSPS) is 10.4. The summed E-state index contributed by atoms with van der Waals surface area (Å²) in [5, 5.41) is 3.56. The summed E-state index contributed by atoms with van der Waals surface area (Å²) in [4.78, 5) is 11.3. The molecule has 0 radical (unpaired) electrons. The minimum atomic E-state index is -0.500. The first-order valence-corrected chi connectivity index (χ1v) is 5.51. The van der Waals surface area contributed by atoms with Crippen LogP contribution in [0.1, 0.15) is 24.2 Å². The van der Waals surface area contributed by atoms with E-state index in [4.69, 9.17) is 9.26 Å². The third-order valence-corrected chi connectivity index (χ3v) is 2.44. The van der Waals surface area contributed by atoms with Crippen LogP contribution in [0.15, 0.2) is 28.9 Å². The van der Waals surface area contributed by atoms with Crippen molar-refractivity contribution in [3.05, 3.63) is 35.8 Å². The third kappa shape index (κ3) is 2.25. The molecule has 1 heterocycles. The van der Waals surface area contributed by atoms with Crippen LogP contribution in [0.5, 0.6) is 5.75 Å². The average Bonchev–Trinajstić information content (AvgIpc) is 2.81. The number of hydrogen-bond donors (Lipinski definition) is 0. The van der Waals surface area contributed by atoms with Crippen LogP contribution in [-0.4, -0.2) is 17.5 Å². The highest BCUT2D eigenvalue weighted by Crippen LogP contribution is 2.28. The Morgan fingerprint density at radius 2 is 2.28 bits per heavy atom. The van der Waals surface area contributed by atoms with Gasteiger partial charge in [0.1, 0.15) is 0 Å². The number of benzene rings is 1. The Kier molecular flexibility index (Phi) is 3.41. The van der Waals surface area contributed by atoms with Gasteiger partial charge in [-0.05, 0) is 32.0 Å². The Morgan fingerprint density at radius 1 is 1.50 bits per heavy atom. The standard InChI is InChI=1S/C13H12FNO3/c1-3-17-12-5-4-9(6-11(12)14)13-10(8(2)16)7-15-18-13/h4-7H,3H2,1-2H3. The number of carbonyl (C=O) groups excluding carboxylic acids is 1. The number of carbonyl (C=O) groups is 1. The van der Waals surface area contributed by atoms with E-state index in [2.05, 4.69) is 5.16 Å². The Labute approximate surface area is 103 Å². The highest BCUT2D eigenvalue weighted by atomic mass is 19.1. The summed E-state index contributed by atoms with van der Waals surface area (Å²) in [6.45, 7) is 3.57. The average molecular weight is 249 g/mol. The fraction of sp³-hybridized carbons (Fsp3) is 0.231. The fourth-order valence-corrected chi connectivity index (χ4v) is 1.61. The topological polar surface area (TPSA) is 52.3 Å². The number of halogens is 1. The molecule has 1 aromatic carbocycles. The maximum Gasteiger partial charge on any atom is 0.177 e. The zero-order valence-electron chi connectivity index (χ0n) is 10.1. The highest BCUT2D eigenvalue weighted by Gasteiger charge is 2.16. The first-order valence-electron chi connectivity index (χ1n) is 5.51. The first-order chi connectivity index (χ1) is 8.63. The van der Waals surface area contributed by atoms with Gasteiger partial charge in [-0.3, -0.25) is 4.79 Å². The fourth-order valence-electron chi connectivity index (χ4n) is 1.61. The zero-order valence-corrected chi connectivity index (χ0v) is 10.1. The minimum absolute atomic E-state index is 0.171. The van der Waals surface area contributed by atoms with Gasteiger partial charge in [-0.2, -0.15) is 0 Å². The summed E-state index contributed by atoms with van der Waals surface area (Å²) in [5.74, 6) is -0.240. The lowest BCUT2D eigenvalue weighted by Crippen LogP contribution is -1.96. The van der Waals surface area contributed by atoms with Crippen LogP contribution < -0.4 is 4.74 Å². The van der Waals surface area contributed by atoms with E-state index in [1.54, 1.807) is 13.0 Å². The van der Waals surface area contributed by atoms with Crippen molar-refractivity contribution >= 4 is 5.78 Å². The van der Waals surface area contributed by atoms with Gasteiger partial charge in [0.2, 0.25) is 0 Å². The number of Topliss-reactive ketones (excluding diaryl/α,β-unsaturated/α-hetero) is 1. The van der Waals surface area contributed by atoms with Crippen LogP contribution in [0.2, 0.25) is 0 Å². The first kappa shape index (κ1) is 12.3. The molecule has 4 nitrogen and oxygen atoms in total. The van der Waals surface area contributed by atoms with E-state index < -0.39 is 5.82 Å². The largest absolute Gasteiger partial charge is 0.491 e. The van der Waals surface area contributed by atoms with Crippen molar-refractivity contribution in [1.29, 1.82) is 0 Å². The van der Waals surface area contributed by atoms with E-state index in [1.807, 2.05) is 0 Å². The molecule has 18 heavy (non-hydrogen) atoms. The van der Waals surface area contributed by atoms with Gasteiger partial charge >= 0.3 is 0 Å². The molecular weight excluding hydrogens is 237 g/mol. The van der Waals surface area contributed by atoms with Crippen LogP contribution in [0.4, 0.5) is 4.39 Å². The molecular formula is C13H12FNO3. The summed E-state index contributed by atoms with van der Waals surface area (Å²) in [6, 6.07) is 4.39. The molecule has 0 saturated carbocycles. The lowest BCUT2D eigenvalue weighted by Gasteiger charge is -2.05. The van der Waals surface area contributed by atoms with E-state index in [0.717, 1.165) is 0 Å². The number of rotatable bonds is 4. The van der Waals surface area contributed by atoms with E-state index in [9.17, 15) is 9.18 Å². The molecule has 0 aliphatic rings. The van der Waals surface area contributed by atoms with Gasteiger partial charge in [0, 0.05) is 5.56 Å². The molecule has 0 aliphatic carbocycles. The molecule has 2 aromatic rings. The quantitative estimate of drug-likeness (QED) is 0.781. The molecule has 0 amide bonds. The number of ketones is 1. The molecule has 0 spiro atoms. The Bertz CT molecular complexity index is 577. The Morgan fingerprint density at radius 3 is 2.89 bits per heavy atom. The second-order valence-electron chi connectivity index (χ2n) is 3.70. The number of nitrogens with zero attached hydrogens (tertiary/aromatic N) is 1. The molecule has 5 heteroatoms. The SMILES string of the molecule is CCOc1ccc(-c2oncc2C(C)=O)cc1F. The molecule has 1 aromatic heterocycles. The number of ether oxygens (including phenoxy) is 1. The monoisotopic (exact) mass is 249 g/mol. The zero-order chi connectivity index (χ0) is 13.1. The second-order valence-corrected chi connectivity index (χ2v) is 3.70. The van der Waals surface area contributed by atoms with Gasteiger partial charge < -0.3 is 9.26 Å². The van der Waals surface area contributed by atoms with Crippen LogP contribution in [-0.2, 0) is 0 Å². The maximum absolute atomic E-state index is 13.7. The van der Waals surface area contributed by atoms with E-state index in [0.29, 0.717) is 17.7 Å². The summed E-state index contributed by atoms with van der Waals surface area (Å²) < 4.78 is 23.8. The van der Waals surface area contributed by atoms with E-state index in [-0.39, 0.29) is 17.3 Å². The second kappa shape index (κ2) is 5.00. The molecule has 0 N–H and O–H groups in total. The molecule has 0 aliphatic heterocycles. The summed E-state index contributed by atoms with van der Waals surface area (Å²) >= 11 is 0.